The number of hydrogen-bond donors (Lipinski definition) is 1. The van der Waals surface area contributed by atoms with Crippen molar-refractivity contribution in [3.8, 4) is 0 Å². The molecule has 5 nitrogen and oxygen atoms in total. The summed E-state index contributed by atoms with van der Waals surface area (Å²) in [5.41, 5.74) is 0. The lowest BCUT2D eigenvalue weighted by molar-refractivity contribution is -0.144. The van der Waals surface area contributed by atoms with Gasteiger partial charge in [-0.2, -0.15) is 0 Å². The molecule has 1 fully saturated rings. The van der Waals surface area contributed by atoms with Gasteiger partial charge in [-0.3, -0.25) is 9.59 Å². The Morgan fingerprint density at radius 2 is 2.24 bits per heavy atom. The van der Waals surface area contributed by atoms with E-state index in [0.717, 1.165) is 25.9 Å². The Balaban J connectivity index is 1.98. The van der Waals surface area contributed by atoms with Crippen molar-refractivity contribution in [3.05, 3.63) is 0 Å². The summed E-state index contributed by atoms with van der Waals surface area (Å²) in [5, 5.41) is 2.78. The molecule has 17 heavy (non-hydrogen) atoms. The van der Waals surface area contributed by atoms with Crippen LogP contribution in [0, 0.1) is 0 Å². The van der Waals surface area contributed by atoms with Crippen LogP contribution in [0.3, 0.4) is 0 Å². The molecule has 0 bridgehead atoms. The van der Waals surface area contributed by atoms with Crippen molar-refractivity contribution in [2.75, 3.05) is 19.8 Å². The van der Waals surface area contributed by atoms with Gasteiger partial charge >= 0.3 is 5.97 Å². The van der Waals surface area contributed by atoms with Crippen molar-refractivity contribution in [1.82, 2.24) is 5.32 Å². The number of rotatable bonds is 7. The number of carbonyl (C=O) groups excluding carboxylic acids is 2. The zero-order valence-corrected chi connectivity index (χ0v) is 10.4. The summed E-state index contributed by atoms with van der Waals surface area (Å²) < 4.78 is 10.2. The van der Waals surface area contributed by atoms with Crippen molar-refractivity contribution in [3.63, 3.8) is 0 Å². The predicted octanol–water partition coefficient (Wildman–Crippen LogP) is 1.01. The normalized spacial score (nSPS) is 19.0. The van der Waals surface area contributed by atoms with E-state index in [4.69, 9.17) is 9.47 Å². The average molecular weight is 243 g/mol. The lowest BCUT2D eigenvalue weighted by atomic mass is 10.2. The van der Waals surface area contributed by atoms with Crippen molar-refractivity contribution in [2.45, 2.75) is 45.1 Å². The molecular formula is C12H21NO4. The lowest BCUT2D eigenvalue weighted by Gasteiger charge is -2.09. The van der Waals surface area contributed by atoms with Gasteiger partial charge < -0.3 is 14.8 Å². The maximum Gasteiger partial charge on any atom is 0.306 e. The average Bonchev–Trinajstić information content (AvgIpc) is 2.80. The molecule has 1 heterocycles. The molecule has 0 spiro atoms. The van der Waals surface area contributed by atoms with Crippen LogP contribution >= 0.6 is 0 Å². The number of ether oxygens (including phenoxy) is 2. The molecule has 1 atom stereocenters. The Morgan fingerprint density at radius 1 is 1.41 bits per heavy atom. The molecule has 1 aliphatic rings. The summed E-state index contributed by atoms with van der Waals surface area (Å²) in [6.45, 7) is 3.56. The molecule has 98 valence electrons. The second kappa shape index (κ2) is 8.06. The molecule has 1 rings (SSSR count). The quantitative estimate of drug-likeness (QED) is 0.678. The zero-order chi connectivity index (χ0) is 12.5. The summed E-state index contributed by atoms with van der Waals surface area (Å²) in [7, 11) is 0. The molecule has 1 N–H and O–H groups in total. The first-order valence-electron chi connectivity index (χ1n) is 6.26. The second-order valence-corrected chi connectivity index (χ2v) is 4.08. The highest BCUT2D eigenvalue weighted by Crippen LogP contribution is 2.14. The van der Waals surface area contributed by atoms with E-state index in [9.17, 15) is 9.59 Å². The van der Waals surface area contributed by atoms with Crippen LogP contribution < -0.4 is 5.32 Å². The van der Waals surface area contributed by atoms with Gasteiger partial charge in [0.05, 0.1) is 19.1 Å². The first kappa shape index (κ1) is 14.0. The molecule has 1 unspecified atom stereocenters. The van der Waals surface area contributed by atoms with Gasteiger partial charge in [-0.15, -0.1) is 0 Å². The van der Waals surface area contributed by atoms with Crippen LogP contribution in [-0.2, 0) is 19.1 Å². The molecular weight excluding hydrogens is 222 g/mol. The Morgan fingerprint density at radius 3 is 2.88 bits per heavy atom. The Bertz CT molecular complexity index is 249. The smallest absolute Gasteiger partial charge is 0.306 e. The van der Waals surface area contributed by atoms with Gasteiger partial charge in [0.15, 0.2) is 0 Å². The number of nitrogens with one attached hydrogen (secondary N) is 1. The molecule has 1 amide bonds. The molecule has 1 saturated heterocycles. The summed E-state index contributed by atoms with van der Waals surface area (Å²) in [4.78, 5) is 22.4. The van der Waals surface area contributed by atoms with Gasteiger partial charge in [-0.05, 0) is 26.2 Å². The van der Waals surface area contributed by atoms with Crippen molar-refractivity contribution >= 4 is 11.9 Å². The second-order valence-electron chi connectivity index (χ2n) is 4.08. The van der Waals surface area contributed by atoms with Crippen LogP contribution in [0.2, 0.25) is 0 Å². The summed E-state index contributed by atoms with van der Waals surface area (Å²) in [6, 6.07) is 0. The standard InChI is InChI=1S/C12H21NO4/c1-2-16-12(15)6-5-11(14)13-8-7-10-4-3-9-17-10/h10H,2-9H2,1H3,(H,13,14). The summed E-state index contributed by atoms with van der Waals surface area (Å²) in [6.07, 6.45) is 3.69. The fourth-order valence-electron chi connectivity index (χ4n) is 1.78. The predicted molar refractivity (Wildman–Crippen MR) is 62.5 cm³/mol. The zero-order valence-electron chi connectivity index (χ0n) is 10.4. The van der Waals surface area contributed by atoms with E-state index in [1.165, 1.54) is 0 Å². The summed E-state index contributed by atoms with van der Waals surface area (Å²) >= 11 is 0. The maximum atomic E-state index is 11.4. The fourth-order valence-corrected chi connectivity index (χ4v) is 1.78. The molecule has 0 aromatic carbocycles. The third kappa shape index (κ3) is 6.26. The van der Waals surface area contributed by atoms with Crippen LogP contribution in [-0.4, -0.2) is 37.7 Å². The van der Waals surface area contributed by atoms with Crippen molar-refractivity contribution in [1.29, 1.82) is 0 Å². The van der Waals surface area contributed by atoms with Gasteiger partial charge in [-0.1, -0.05) is 0 Å². The minimum Gasteiger partial charge on any atom is -0.466 e. The summed E-state index contributed by atoms with van der Waals surface area (Å²) in [5.74, 6) is -0.419. The minimum atomic E-state index is -0.318. The number of carbonyl (C=O) groups is 2. The maximum absolute atomic E-state index is 11.4. The number of amides is 1. The number of esters is 1. The van der Waals surface area contributed by atoms with Crippen LogP contribution in [0.5, 0.6) is 0 Å². The largest absolute Gasteiger partial charge is 0.466 e. The van der Waals surface area contributed by atoms with Crippen LogP contribution in [0.1, 0.15) is 39.0 Å². The monoisotopic (exact) mass is 243 g/mol. The highest BCUT2D eigenvalue weighted by molar-refractivity contribution is 5.81. The van der Waals surface area contributed by atoms with E-state index in [2.05, 4.69) is 5.32 Å². The molecule has 5 heteroatoms. The van der Waals surface area contributed by atoms with Gasteiger partial charge in [-0.25, -0.2) is 0 Å². The molecule has 0 aromatic heterocycles. The molecule has 0 aromatic rings. The van der Waals surface area contributed by atoms with Gasteiger partial charge in [0.1, 0.15) is 0 Å². The third-order valence-electron chi connectivity index (χ3n) is 2.67. The highest BCUT2D eigenvalue weighted by atomic mass is 16.5. The van der Waals surface area contributed by atoms with Crippen molar-refractivity contribution < 1.29 is 19.1 Å². The first-order valence-corrected chi connectivity index (χ1v) is 6.26. The molecule has 0 aliphatic carbocycles. The topological polar surface area (TPSA) is 64.6 Å². The first-order chi connectivity index (χ1) is 8.22. The van der Waals surface area contributed by atoms with E-state index >= 15 is 0 Å². The highest BCUT2D eigenvalue weighted by Gasteiger charge is 2.15. The molecule has 0 radical (unpaired) electrons. The van der Waals surface area contributed by atoms with Crippen LogP contribution in [0.25, 0.3) is 0 Å². The van der Waals surface area contributed by atoms with E-state index in [-0.39, 0.29) is 24.7 Å². The Kier molecular flexibility index (Phi) is 6.62. The Labute approximate surface area is 102 Å². The van der Waals surface area contributed by atoms with E-state index in [1.54, 1.807) is 6.92 Å². The van der Waals surface area contributed by atoms with Gasteiger partial charge in [0, 0.05) is 19.6 Å². The SMILES string of the molecule is CCOC(=O)CCC(=O)NCCC1CCCO1. The van der Waals surface area contributed by atoms with E-state index < -0.39 is 0 Å². The van der Waals surface area contributed by atoms with Gasteiger partial charge in [0.25, 0.3) is 0 Å². The van der Waals surface area contributed by atoms with Crippen LogP contribution in [0.4, 0.5) is 0 Å². The minimum absolute atomic E-state index is 0.101. The van der Waals surface area contributed by atoms with E-state index in [1.807, 2.05) is 0 Å². The third-order valence-corrected chi connectivity index (χ3v) is 2.67. The lowest BCUT2D eigenvalue weighted by Crippen LogP contribution is -2.27. The molecule has 0 saturated carbocycles. The van der Waals surface area contributed by atoms with E-state index in [0.29, 0.717) is 19.3 Å². The fraction of sp³-hybridized carbons (Fsp3) is 0.833. The van der Waals surface area contributed by atoms with Crippen LogP contribution in [0.15, 0.2) is 0 Å². The number of hydrogen-bond acceptors (Lipinski definition) is 4. The molecule has 1 aliphatic heterocycles. The van der Waals surface area contributed by atoms with Crippen molar-refractivity contribution in [2.24, 2.45) is 0 Å². The van der Waals surface area contributed by atoms with Gasteiger partial charge in [0.2, 0.25) is 5.91 Å². The Hall–Kier alpha value is -1.10.